The van der Waals surface area contributed by atoms with Crippen LogP contribution in [0.3, 0.4) is 0 Å². The third-order valence-corrected chi connectivity index (χ3v) is 3.04. The predicted molar refractivity (Wildman–Crippen MR) is 73.8 cm³/mol. The molecule has 6 heteroatoms. The molecule has 1 heterocycles. The molecule has 0 spiro atoms. The van der Waals surface area contributed by atoms with Gasteiger partial charge in [0.15, 0.2) is 0 Å². The molecule has 0 fully saturated rings. The molecule has 2 aromatic rings. The second-order valence-electron chi connectivity index (χ2n) is 4.04. The van der Waals surface area contributed by atoms with Gasteiger partial charge in [-0.3, -0.25) is 4.68 Å². The largest absolute Gasteiger partial charge is 0.495 e. The first kappa shape index (κ1) is 12.9. The Bertz CT molecular complexity index is 553. The molecule has 0 atom stereocenters. The Morgan fingerprint density at radius 2 is 2.22 bits per heavy atom. The third-order valence-electron chi connectivity index (χ3n) is 2.58. The van der Waals surface area contributed by atoms with E-state index in [4.69, 9.17) is 4.74 Å². The van der Waals surface area contributed by atoms with Gasteiger partial charge < -0.3 is 10.1 Å². The van der Waals surface area contributed by atoms with Crippen LogP contribution in [0.2, 0.25) is 0 Å². The van der Waals surface area contributed by atoms with Crippen LogP contribution in [0.4, 0.5) is 5.69 Å². The fraction of sp³-hybridized carbons (Fsp3) is 0.333. The van der Waals surface area contributed by atoms with E-state index in [0.717, 1.165) is 27.2 Å². The van der Waals surface area contributed by atoms with E-state index in [1.807, 2.05) is 32.3 Å². The zero-order valence-corrected chi connectivity index (χ0v) is 12.2. The maximum atomic E-state index is 5.37. The Kier molecular flexibility index (Phi) is 3.86. The minimum Gasteiger partial charge on any atom is -0.495 e. The number of aromatic nitrogens is 3. The Hall–Kier alpha value is -1.56. The maximum absolute atomic E-state index is 5.37. The molecule has 1 aromatic carbocycles. The van der Waals surface area contributed by atoms with Crippen LogP contribution in [0.1, 0.15) is 11.3 Å². The molecule has 0 aliphatic rings. The van der Waals surface area contributed by atoms with E-state index >= 15 is 0 Å². The van der Waals surface area contributed by atoms with Crippen molar-refractivity contribution >= 4 is 21.6 Å². The van der Waals surface area contributed by atoms with Crippen molar-refractivity contribution in [3.8, 4) is 5.75 Å². The van der Waals surface area contributed by atoms with Crippen molar-refractivity contribution < 1.29 is 4.74 Å². The third kappa shape index (κ3) is 2.81. The smallest absolute Gasteiger partial charge is 0.143 e. The van der Waals surface area contributed by atoms with Crippen molar-refractivity contribution in [2.45, 2.75) is 13.5 Å². The number of ether oxygens (including phenoxy) is 1. The summed E-state index contributed by atoms with van der Waals surface area (Å²) in [5, 5.41) is 11.3. The van der Waals surface area contributed by atoms with Gasteiger partial charge in [-0.05, 0) is 24.6 Å². The van der Waals surface area contributed by atoms with Gasteiger partial charge in [0.05, 0.1) is 19.3 Å². The Balaban J connectivity index is 2.18. The highest BCUT2D eigenvalue weighted by atomic mass is 79.9. The molecule has 96 valence electrons. The van der Waals surface area contributed by atoms with E-state index in [-0.39, 0.29) is 0 Å². The minimum absolute atomic E-state index is 0.618. The van der Waals surface area contributed by atoms with Crippen molar-refractivity contribution in [2.75, 3.05) is 12.4 Å². The lowest BCUT2D eigenvalue weighted by atomic mass is 10.2. The molecule has 18 heavy (non-hydrogen) atoms. The van der Waals surface area contributed by atoms with Gasteiger partial charge in [0, 0.05) is 17.7 Å². The zero-order valence-electron chi connectivity index (χ0n) is 10.6. The summed E-state index contributed by atoms with van der Waals surface area (Å²) in [4.78, 5) is 0. The van der Waals surface area contributed by atoms with Crippen LogP contribution < -0.4 is 10.1 Å². The zero-order chi connectivity index (χ0) is 13.1. The maximum Gasteiger partial charge on any atom is 0.143 e. The normalized spacial score (nSPS) is 10.4. The molecule has 0 radical (unpaired) electrons. The molecular weight excluding hydrogens is 296 g/mol. The second-order valence-corrected chi connectivity index (χ2v) is 4.95. The van der Waals surface area contributed by atoms with Crippen LogP contribution in [0.15, 0.2) is 22.8 Å². The van der Waals surface area contributed by atoms with E-state index in [2.05, 4.69) is 31.6 Å². The number of anilines is 1. The molecule has 0 bridgehead atoms. The van der Waals surface area contributed by atoms with Crippen LogP contribution in [0.5, 0.6) is 5.75 Å². The van der Waals surface area contributed by atoms with Gasteiger partial charge in [-0.2, -0.15) is 0 Å². The predicted octanol–water partition coefficient (Wildman–Crippen LogP) is 2.51. The van der Waals surface area contributed by atoms with Gasteiger partial charge in [0.25, 0.3) is 0 Å². The Morgan fingerprint density at radius 3 is 2.83 bits per heavy atom. The van der Waals surface area contributed by atoms with Crippen molar-refractivity contribution in [3.63, 3.8) is 0 Å². The summed E-state index contributed by atoms with van der Waals surface area (Å²) in [7, 11) is 3.51. The van der Waals surface area contributed by atoms with Gasteiger partial charge in [-0.1, -0.05) is 21.1 Å². The van der Waals surface area contributed by atoms with Crippen molar-refractivity contribution in [3.05, 3.63) is 34.1 Å². The Labute approximate surface area is 114 Å². The molecule has 0 aliphatic carbocycles. The second kappa shape index (κ2) is 5.39. The van der Waals surface area contributed by atoms with E-state index in [1.165, 1.54) is 0 Å². The molecular formula is C12H15BrN4O. The van der Waals surface area contributed by atoms with Gasteiger partial charge in [0.1, 0.15) is 11.4 Å². The summed E-state index contributed by atoms with van der Waals surface area (Å²) in [6.45, 7) is 2.65. The molecule has 1 aromatic heterocycles. The van der Waals surface area contributed by atoms with Gasteiger partial charge in [-0.25, -0.2) is 0 Å². The molecule has 0 unspecified atom stereocenters. The lowest BCUT2D eigenvalue weighted by Gasteiger charge is -2.13. The average molecular weight is 311 g/mol. The molecule has 5 nitrogen and oxygen atoms in total. The van der Waals surface area contributed by atoms with Crippen LogP contribution >= 0.6 is 15.9 Å². The SMILES string of the molecule is COc1cc(Br)cc(C)c1NCc1cn(C)nn1. The number of methoxy groups -OCH3 is 1. The number of hydrogen-bond acceptors (Lipinski definition) is 4. The first-order valence-electron chi connectivity index (χ1n) is 5.53. The number of halogens is 1. The lowest BCUT2D eigenvalue weighted by molar-refractivity contribution is 0.416. The first-order valence-corrected chi connectivity index (χ1v) is 6.32. The molecule has 0 saturated heterocycles. The standard InChI is InChI=1S/C12H15BrN4O/c1-8-4-9(13)5-11(18-3)12(8)14-6-10-7-17(2)16-15-10/h4-5,7,14H,6H2,1-3H3. The molecule has 1 N–H and O–H groups in total. The van der Waals surface area contributed by atoms with E-state index in [9.17, 15) is 0 Å². The number of nitrogens with zero attached hydrogens (tertiary/aromatic N) is 3. The van der Waals surface area contributed by atoms with Crippen molar-refractivity contribution in [1.82, 2.24) is 15.0 Å². The van der Waals surface area contributed by atoms with Gasteiger partial charge in [-0.15, -0.1) is 5.10 Å². The number of hydrogen-bond donors (Lipinski definition) is 1. The van der Waals surface area contributed by atoms with Crippen LogP contribution in [-0.2, 0) is 13.6 Å². The first-order chi connectivity index (χ1) is 8.60. The molecule has 2 rings (SSSR count). The number of benzene rings is 1. The average Bonchev–Trinajstić information content (AvgIpc) is 2.73. The highest BCUT2D eigenvalue weighted by Crippen LogP contribution is 2.32. The summed E-state index contributed by atoms with van der Waals surface area (Å²) in [5.41, 5.74) is 2.98. The molecule has 0 saturated carbocycles. The van der Waals surface area contributed by atoms with Gasteiger partial charge in [0.2, 0.25) is 0 Å². The highest BCUT2D eigenvalue weighted by Gasteiger charge is 2.08. The topological polar surface area (TPSA) is 52.0 Å². The van der Waals surface area contributed by atoms with E-state index < -0.39 is 0 Å². The van der Waals surface area contributed by atoms with Crippen LogP contribution in [0.25, 0.3) is 0 Å². The van der Waals surface area contributed by atoms with Crippen LogP contribution in [0, 0.1) is 6.92 Å². The number of aryl methyl sites for hydroxylation is 2. The summed E-state index contributed by atoms with van der Waals surface area (Å²) in [6, 6.07) is 3.98. The van der Waals surface area contributed by atoms with Crippen molar-refractivity contribution in [2.24, 2.45) is 7.05 Å². The monoisotopic (exact) mass is 310 g/mol. The fourth-order valence-electron chi connectivity index (χ4n) is 1.76. The summed E-state index contributed by atoms with van der Waals surface area (Å²) >= 11 is 3.45. The summed E-state index contributed by atoms with van der Waals surface area (Å²) in [6.07, 6.45) is 1.88. The quantitative estimate of drug-likeness (QED) is 0.942. The number of nitrogens with one attached hydrogen (secondary N) is 1. The molecule has 0 aliphatic heterocycles. The van der Waals surface area contributed by atoms with Crippen LogP contribution in [-0.4, -0.2) is 22.1 Å². The molecule has 0 amide bonds. The fourth-order valence-corrected chi connectivity index (χ4v) is 2.31. The van der Waals surface area contributed by atoms with Crippen molar-refractivity contribution in [1.29, 1.82) is 0 Å². The van der Waals surface area contributed by atoms with E-state index in [0.29, 0.717) is 6.54 Å². The minimum atomic E-state index is 0.618. The Morgan fingerprint density at radius 1 is 1.44 bits per heavy atom. The van der Waals surface area contributed by atoms with E-state index in [1.54, 1.807) is 11.8 Å². The lowest BCUT2D eigenvalue weighted by Crippen LogP contribution is -2.03. The summed E-state index contributed by atoms with van der Waals surface area (Å²) < 4.78 is 8.05. The number of rotatable bonds is 4. The highest BCUT2D eigenvalue weighted by molar-refractivity contribution is 9.10. The summed E-state index contributed by atoms with van der Waals surface area (Å²) in [5.74, 6) is 0.811. The van der Waals surface area contributed by atoms with Gasteiger partial charge >= 0.3 is 0 Å².